The van der Waals surface area contributed by atoms with Crippen LogP contribution >= 0.6 is 11.3 Å². The molecule has 34 heavy (non-hydrogen) atoms. The second-order valence-electron chi connectivity index (χ2n) is 7.82. The molecule has 0 radical (unpaired) electrons. The SMILES string of the molecule is CNC(=O)c1cnc(NC2CCOc3ccc(F)cc32)c(NC(=O)c2csc3ccccc23)c1. The third-order valence-corrected chi connectivity index (χ3v) is 6.64. The smallest absolute Gasteiger partial charge is 0.257 e. The van der Waals surface area contributed by atoms with E-state index in [2.05, 4.69) is 20.9 Å². The van der Waals surface area contributed by atoms with E-state index in [0.717, 1.165) is 10.1 Å². The van der Waals surface area contributed by atoms with E-state index in [4.69, 9.17) is 4.74 Å². The Hall–Kier alpha value is -3.98. The molecular formula is C25H21FN4O3S. The molecule has 0 saturated carbocycles. The van der Waals surface area contributed by atoms with Crippen molar-refractivity contribution in [3.05, 3.63) is 82.6 Å². The number of amides is 2. The second-order valence-corrected chi connectivity index (χ2v) is 8.73. The molecule has 4 aromatic rings. The van der Waals surface area contributed by atoms with Gasteiger partial charge in [0.05, 0.1) is 29.5 Å². The summed E-state index contributed by atoms with van der Waals surface area (Å²) in [4.78, 5) is 29.8. The number of fused-ring (bicyclic) bond motifs is 2. The largest absolute Gasteiger partial charge is 0.493 e. The van der Waals surface area contributed by atoms with Crippen LogP contribution in [0.5, 0.6) is 5.75 Å². The van der Waals surface area contributed by atoms with Gasteiger partial charge in [0.15, 0.2) is 0 Å². The van der Waals surface area contributed by atoms with Gasteiger partial charge in [0.1, 0.15) is 17.4 Å². The lowest BCUT2D eigenvalue weighted by Crippen LogP contribution is -2.23. The molecular weight excluding hydrogens is 455 g/mol. The predicted octanol–water partition coefficient (Wildman–Crippen LogP) is 4.98. The number of rotatable bonds is 5. The van der Waals surface area contributed by atoms with Gasteiger partial charge in [-0.25, -0.2) is 9.37 Å². The molecule has 2 aromatic carbocycles. The zero-order chi connectivity index (χ0) is 23.7. The number of hydrogen-bond acceptors (Lipinski definition) is 6. The maximum Gasteiger partial charge on any atom is 0.257 e. The predicted molar refractivity (Wildman–Crippen MR) is 130 cm³/mol. The summed E-state index contributed by atoms with van der Waals surface area (Å²) in [5, 5.41) is 11.4. The van der Waals surface area contributed by atoms with Crippen molar-refractivity contribution in [3.8, 4) is 5.75 Å². The van der Waals surface area contributed by atoms with E-state index in [-0.39, 0.29) is 23.7 Å². The first-order valence-electron chi connectivity index (χ1n) is 10.7. The van der Waals surface area contributed by atoms with Gasteiger partial charge in [-0.05, 0) is 30.3 Å². The van der Waals surface area contributed by atoms with Crippen LogP contribution in [-0.2, 0) is 0 Å². The van der Waals surface area contributed by atoms with Gasteiger partial charge in [0.2, 0.25) is 0 Å². The van der Waals surface area contributed by atoms with Crippen molar-refractivity contribution in [2.24, 2.45) is 0 Å². The van der Waals surface area contributed by atoms with Gasteiger partial charge in [-0.3, -0.25) is 9.59 Å². The summed E-state index contributed by atoms with van der Waals surface area (Å²) in [6, 6.07) is 13.3. The van der Waals surface area contributed by atoms with Gasteiger partial charge in [-0.2, -0.15) is 0 Å². The molecule has 1 aliphatic heterocycles. The summed E-state index contributed by atoms with van der Waals surface area (Å²) >= 11 is 1.49. The Kier molecular flexibility index (Phi) is 5.85. The maximum atomic E-state index is 13.9. The van der Waals surface area contributed by atoms with Gasteiger partial charge in [-0.1, -0.05) is 18.2 Å². The van der Waals surface area contributed by atoms with Crippen molar-refractivity contribution in [1.82, 2.24) is 10.3 Å². The molecule has 3 heterocycles. The highest BCUT2D eigenvalue weighted by molar-refractivity contribution is 7.17. The van der Waals surface area contributed by atoms with Gasteiger partial charge in [0, 0.05) is 40.7 Å². The first kappa shape index (κ1) is 21.8. The van der Waals surface area contributed by atoms with Gasteiger partial charge in [0.25, 0.3) is 11.8 Å². The van der Waals surface area contributed by atoms with Crippen LogP contribution in [0.1, 0.15) is 38.7 Å². The fourth-order valence-electron chi connectivity index (χ4n) is 3.97. The number of nitrogens with one attached hydrogen (secondary N) is 3. The topological polar surface area (TPSA) is 92.3 Å². The van der Waals surface area contributed by atoms with E-state index in [1.165, 1.54) is 36.7 Å². The molecule has 3 N–H and O–H groups in total. The average Bonchev–Trinajstić information content (AvgIpc) is 3.29. The lowest BCUT2D eigenvalue weighted by atomic mass is 10.00. The third kappa shape index (κ3) is 4.17. The molecule has 1 unspecified atom stereocenters. The quantitative estimate of drug-likeness (QED) is 0.378. The molecule has 0 bridgehead atoms. The van der Waals surface area contributed by atoms with Crippen LogP contribution in [0.3, 0.4) is 0 Å². The first-order valence-corrected chi connectivity index (χ1v) is 11.6. The number of aromatic nitrogens is 1. The summed E-state index contributed by atoms with van der Waals surface area (Å²) in [6.07, 6.45) is 2.01. The van der Waals surface area contributed by atoms with E-state index in [0.29, 0.717) is 47.0 Å². The standard InChI is InChI=1S/C25H21FN4O3S/c1-27-24(31)14-10-20(30-25(32)18-13-34-22-5-3-2-4-16(18)22)23(28-12-14)29-19-8-9-33-21-7-6-15(26)11-17(19)21/h2-7,10-13,19H,8-9H2,1H3,(H,27,31)(H,28,29)(H,30,32). The fraction of sp³-hybridized carbons (Fsp3) is 0.160. The molecule has 2 amide bonds. The molecule has 1 aliphatic rings. The number of halogens is 1. The molecule has 0 saturated heterocycles. The van der Waals surface area contributed by atoms with Crippen molar-refractivity contribution in [2.75, 3.05) is 24.3 Å². The number of hydrogen-bond donors (Lipinski definition) is 3. The van der Waals surface area contributed by atoms with Crippen LogP contribution < -0.4 is 20.7 Å². The Morgan fingerprint density at radius 1 is 1.15 bits per heavy atom. The van der Waals surface area contributed by atoms with Gasteiger partial charge in [-0.15, -0.1) is 11.3 Å². The summed E-state index contributed by atoms with van der Waals surface area (Å²) in [6.45, 7) is 0.454. The summed E-state index contributed by atoms with van der Waals surface area (Å²) in [5.41, 5.74) is 1.86. The van der Waals surface area contributed by atoms with Crippen molar-refractivity contribution in [1.29, 1.82) is 0 Å². The number of thiophene rings is 1. The number of anilines is 2. The maximum absolute atomic E-state index is 13.9. The number of carbonyl (C=O) groups excluding carboxylic acids is 2. The van der Waals surface area contributed by atoms with Crippen LogP contribution in [0.4, 0.5) is 15.9 Å². The molecule has 1 atom stereocenters. The number of carbonyl (C=O) groups is 2. The first-order chi connectivity index (χ1) is 16.5. The van der Waals surface area contributed by atoms with E-state index >= 15 is 0 Å². The van der Waals surface area contributed by atoms with Crippen LogP contribution in [0, 0.1) is 5.82 Å². The summed E-state index contributed by atoms with van der Waals surface area (Å²) in [7, 11) is 1.53. The normalized spacial score (nSPS) is 14.7. The van der Waals surface area contributed by atoms with Crippen molar-refractivity contribution < 1.29 is 18.7 Å². The number of pyridine rings is 1. The Bertz CT molecular complexity index is 1400. The minimum absolute atomic E-state index is 0.282. The van der Waals surface area contributed by atoms with Crippen molar-refractivity contribution in [3.63, 3.8) is 0 Å². The minimum Gasteiger partial charge on any atom is -0.493 e. The van der Waals surface area contributed by atoms with Gasteiger partial charge >= 0.3 is 0 Å². The molecule has 172 valence electrons. The Morgan fingerprint density at radius 3 is 2.85 bits per heavy atom. The Morgan fingerprint density at radius 2 is 2.00 bits per heavy atom. The number of nitrogens with zero attached hydrogens (tertiary/aromatic N) is 1. The van der Waals surface area contributed by atoms with Gasteiger partial charge < -0.3 is 20.7 Å². The lowest BCUT2D eigenvalue weighted by molar-refractivity contribution is 0.0961. The summed E-state index contributed by atoms with van der Waals surface area (Å²) < 4.78 is 20.6. The molecule has 9 heteroatoms. The van der Waals surface area contributed by atoms with Crippen molar-refractivity contribution in [2.45, 2.75) is 12.5 Å². The van der Waals surface area contributed by atoms with E-state index in [1.54, 1.807) is 17.5 Å². The van der Waals surface area contributed by atoms with Crippen molar-refractivity contribution >= 4 is 44.7 Å². The molecule has 7 nitrogen and oxygen atoms in total. The number of benzene rings is 2. The Balaban J connectivity index is 1.49. The van der Waals surface area contributed by atoms with Crippen LogP contribution in [-0.4, -0.2) is 30.5 Å². The average molecular weight is 477 g/mol. The summed E-state index contributed by atoms with van der Waals surface area (Å²) in [5.74, 6) is -0.0225. The Labute approximate surface area is 199 Å². The fourth-order valence-corrected chi connectivity index (χ4v) is 4.91. The zero-order valence-corrected chi connectivity index (χ0v) is 19.0. The lowest BCUT2D eigenvalue weighted by Gasteiger charge is -2.28. The van der Waals surface area contributed by atoms with Crippen LogP contribution in [0.2, 0.25) is 0 Å². The van der Waals surface area contributed by atoms with E-state index in [9.17, 15) is 14.0 Å². The van der Waals surface area contributed by atoms with Crippen LogP contribution in [0.15, 0.2) is 60.1 Å². The molecule has 0 spiro atoms. The molecule has 2 aromatic heterocycles. The van der Waals surface area contributed by atoms with Crippen LogP contribution in [0.25, 0.3) is 10.1 Å². The highest BCUT2D eigenvalue weighted by Crippen LogP contribution is 2.36. The molecule has 5 rings (SSSR count). The zero-order valence-electron chi connectivity index (χ0n) is 18.2. The highest BCUT2D eigenvalue weighted by atomic mass is 32.1. The second kappa shape index (κ2) is 9.11. The monoisotopic (exact) mass is 476 g/mol. The van der Waals surface area contributed by atoms with E-state index < -0.39 is 0 Å². The minimum atomic E-state index is -0.364. The molecule has 0 fully saturated rings. The number of ether oxygens (including phenoxy) is 1. The highest BCUT2D eigenvalue weighted by Gasteiger charge is 2.24. The van der Waals surface area contributed by atoms with E-state index in [1.807, 2.05) is 24.3 Å². The third-order valence-electron chi connectivity index (χ3n) is 5.67. The molecule has 0 aliphatic carbocycles.